The molecule has 0 bridgehead atoms. The van der Waals surface area contributed by atoms with E-state index in [1.54, 1.807) is 47.4 Å². The number of nitriles is 1. The molecule has 1 amide bonds. The van der Waals surface area contributed by atoms with E-state index in [1.807, 2.05) is 13.8 Å². The third kappa shape index (κ3) is 3.64. The first kappa shape index (κ1) is 16.9. The summed E-state index contributed by atoms with van der Waals surface area (Å²) in [6.45, 7) is 3.83. The van der Waals surface area contributed by atoms with Crippen molar-refractivity contribution in [3.63, 3.8) is 0 Å². The molecule has 0 saturated heterocycles. The number of methoxy groups -OCH3 is 1. The largest absolute Gasteiger partial charge is 0.496 e. The molecule has 0 radical (unpaired) electrons. The lowest BCUT2D eigenvalue weighted by molar-refractivity contribution is 0.0977. The van der Waals surface area contributed by atoms with Gasteiger partial charge in [0.15, 0.2) is 0 Å². The Bertz CT molecular complexity index is 766. The normalized spacial score (nSPS) is 10.3. The van der Waals surface area contributed by atoms with E-state index in [9.17, 15) is 4.79 Å². The third-order valence-electron chi connectivity index (χ3n) is 3.38. The number of nitrogens with zero attached hydrogens (tertiary/aromatic N) is 2. The van der Waals surface area contributed by atoms with Gasteiger partial charge in [-0.25, -0.2) is 0 Å². The van der Waals surface area contributed by atoms with Crippen molar-refractivity contribution in [2.45, 2.75) is 19.9 Å². The van der Waals surface area contributed by atoms with Crippen molar-refractivity contribution in [1.82, 2.24) is 0 Å². The van der Waals surface area contributed by atoms with E-state index >= 15 is 0 Å². The van der Waals surface area contributed by atoms with Gasteiger partial charge in [0.2, 0.25) is 0 Å². The molecule has 0 saturated carbocycles. The van der Waals surface area contributed by atoms with E-state index < -0.39 is 0 Å². The highest BCUT2D eigenvalue weighted by atomic mass is 35.5. The molecule has 0 aliphatic carbocycles. The molecule has 0 spiro atoms. The Balaban J connectivity index is 2.50. The van der Waals surface area contributed by atoms with Gasteiger partial charge in [0.05, 0.1) is 24.3 Å². The van der Waals surface area contributed by atoms with Gasteiger partial charge in [0.1, 0.15) is 5.75 Å². The summed E-state index contributed by atoms with van der Waals surface area (Å²) in [6.07, 6.45) is 0. The van der Waals surface area contributed by atoms with Crippen LogP contribution in [0, 0.1) is 11.3 Å². The molecule has 118 valence electrons. The third-order valence-corrected chi connectivity index (χ3v) is 3.62. The van der Waals surface area contributed by atoms with Gasteiger partial charge in [-0.15, -0.1) is 0 Å². The SMILES string of the molecule is COc1cc(Cl)ccc1C(=O)N(c1cccc(C#N)c1)C(C)C. The molecule has 2 aromatic carbocycles. The van der Waals surface area contributed by atoms with Gasteiger partial charge in [-0.1, -0.05) is 17.7 Å². The monoisotopic (exact) mass is 328 g/mol. The van der Waals surface area contributed by atoms with Crippen molar-refractivity contribution < 1.29 is 9.53 Å². The van der Waals surface area contributed by atoms with Crippen molar-refractivity contribution in [3.8, 4) is 11.8 Å². The van der Waals surface area contributed by atoms with Gasteiger partial charge in [0, 0.05) is 16.8 Å². The van der Waals surface area contributed by atoms with Gasteiger partial charge < -0.3 is 9.64 Å². The summed E-state index contributed by atoms with van der Waals surface area (Å²) in [4.78, 5) is 14.6. The Hall–Kier alpha value is -2.51. The Morgan fingerprint density at radius 2 is 2.00 bits per heavy atom. The van der Waals surface area contributed by atoms with E-state index in [-0.39, 0.29) is 11.9 Å². The van der Waals surface area contributed by atoms with Crippen LogP contribution in [0.25, 0.3) is 0 Å². The molecule has 0 aromatic heterocycles. The Kier molecular flexibility index (Phi) is 5.25. The van der Waals surface area contributed by atoms with Gasteiger partial charge in [-0.2, -0.15) is 5.26 Å². The van der Waals surface area contributed by atoms with Crippen molar-refractivity contribution in [2.24, 2.45) is 0 Å². The van der Waals surface area contributed by atoms with Crippen molar-refractivity contribution in [2.75, 3.05) is 12.0 Å². The number of carbonyl (C=O) groups is 1. The van der Waals surface area contributed by atoms with Gasteiger partial charge in [0.25, 0.3) is 5.91 Å². The Morgan fingerprint density at radius 3 is 2.61 bits per heavy atom. The number of rotatable bonds is 4. The molecule has 0 aliphatic rings. The second-order valence-corrected chi connectivity index (χ2v) is 5.71. The first-order valence-electron chi connectivity index (χ1n) is 7.15. The molecular weight excluding hydrogens is 312 g/mol. The second-order valence-electron chi connectivity index (χ2n) is 5.28. The lowest BCUT2D eigenvalue weighted by Crippen LogP contribution is -2.37. The van der Waals surface area contributed by atoms with Crippen LogP contribution in [0.5, 0.6) is 5.75 Å². The molecule has 0 heterocycles. The first-order valence-corrected chi connectivity index (χ1v) is 7.53. The number of amides is 1. The fraction of sp³-hybridized carbons (Fsp3) is 0.222. The van der Waals surface area contributed by atoms with E-state index in [4.69, 9.17) is 21.6 Å². The number of hydrogen-bond donors (Lipinski definition) is 0. The highest BCUT2D eigenvalue weighted by molar-refractivity contribution is 6.31. The maximum absolute atomic E-state index is 13.0. The number of hydrogen-bond acceptors (Lipinski definition) is 3. The molecule has 2 rings (SSSR count). The first-order chi connectivity index (χ1) is 11.0. The molecule has 0 N–H and O–H groups in total. The molecule has 2 aromatic rings. The maximum Gasteiger partial charge on any atom is 0.262 e. The van der Waals surface area contributed by atoms with E-state index in [0.717, 1.165) is 0 Å². The second kappa shape index (κ2) is 7.17. The van der Waals surface area contributed by atoms with Crippen LogP contribution in [0.1, 0.15) is 29.8 Å². The van der Waals surface area contributed by atoms with Gasteiger partial charge in [-0.3, -0.25) is 4.79 Å². The average molecular weight is 329 g/mol. The smallest absolute Gasteiger partial charge is 0.262 e. The van der Waals surface area contributed by atoms with Crippen LogP contribution < -0.4 is 9.64 Å². The van der Waals surface area contributed by atoms with Crippen LogP contribution in [0.2, 0.25) is 5.02 Å². The summed E-state index contributed by atoms with van der Waals surface area (Å²) in [7, 11) is 1.50. The highest BCUT2D eigenvalue weighted by Gasteiger charge is 2.24. The minimum atomic E-state index is -0.205. The standard InChI is InChI=1S/C18H17ClN2O2/c1-12(2)21(15-6-4-5-13(9-15)11-20)18(22)16-8-7-14(19)10-17(16)23-3/h4-10,12H,1-3H3. The molecule has 4 nitrogen and oxygen atoms in total. The topological polar surface area (TPSA) is 53.3 Å². The summed E-state index contributed by atoms with van der Waals surface area (Å²) in [5.74, 6) is 0.216. The van der Waals surface area contributed by atoms with E-state index in [2.05, 4.69) is 6.07 Å². The predicted molar refractivity (Wildman–Crippen MR) is 91.1 cm³/mol. The molecule has 0 aliphatic heterocycles. The summed E-state index contributed by atoms with van der Waals surface area (Å²) in [6, 6.07) is 13.9. The Labute approximate surface area is 140 Å². The number of ether oxygens (including phenoxy) is 1. The average Bonchev–Trinajstić information content (AvgIpc) is 2.54. The molecular formula is C18H17ClN2O2. The zero-order chi connectivity index (χ0) is 17.0. The van der Waals surface area contributed by atoms with Crippen molar-refractivity contribution in [3.05, 3.63) is 58.6 Å². The molecule has 5 heteroatoms. The molecule has 23 heavy (non-hydrogen) atoms. The summed E-state index contributed by atoms with van der Waals surface area (Å²) >= 11 is 5.96. The van der Waals surface area contributed by atoms with Crippen LogP contribution in [0.3, 0.4) is 0 Å². The van der Waals surface area contributed by atoms with Crippen LogP contribution in [-0.2, 0) is 0 Å². The minimum absolute atomic E-state index is 0.0863. The van der Waals surface area contributed by atoms with Crippen molar-refractivity contribution >= 4 is 23.2 Å². The fourth-order valence-electron chi connectivity index (χ4n) is 2.35. The summed E-state index contributed by atoms with van der Waals surface area (Å²) in [5, 5.41) is 9.56. The van der Waals surface area contributed by atoms with Crippen molar-refractivity contribution in [1.29, 1.82) is 5.26 Å². The van der Waals surface area contributed by atoms with Crippen LogP contribution in [-0.4, -0.2) is 19.1 Å². The summed E-state index contributed by atoms with van der Waals surface area (Å²) in [5.41, 5.74) is 1.60. The van der Waals surface area contributed by atoms with Gasteiger partial charge >= 0.3 is 0 Å². The van der Waals surface area contributed by atoms with Crippen LogP contribution in [0.15, 0.2) is 42.5 Å². The van der Waals surface area contributed by atoms with Crippen LogP contribution >= 0.6 is 11.6 Å². The zero-order valence-corrected chi connectivity index (χ0v) is 14.0. The zero-order valence-electron chi connectivity index (χ0n) is 13.2. The minimum Gasteiger partial charge on any atom is -0.496 e. The highest BCUT2D eigenvalue weighted by Crippen LogP contribution is 2.28. The molecule has 0 unspecified atom stereocenters. The molecule has 0 fully saturated rings. The van der Waals surface area contributed by atoms with Crippen LogP contribution in [0.4, 0.5) is 5.69 Å². The number of benzene rings is 2. The van der Waals surface area contributed by atoms with E-state index in [0.29, 0.717) is 27.6 Å². The van der Waals surface area contributed by atoms with Gasteiger partial charge in [-0.05, 0) is 50.2 Å². The number of carbonyl (C=O) groups excluding carboxylic acids is 1. The fourth-order valence-corrected chi connectivity index (χ4v) is 2.51. The summed E-state index contributed by atoms with van der Waals surface area (Å²) < 4.78 is 5.27. The lowest BCUT2D eigenvalue weighted by atomic mass is 10.1. The maximum atomic E-state index is 13.0. The van der Waals surface area contributed by atoms with E-state index in [1.165, 1.54) is 7.11 Å². The lowest BCUT2D eigenvalue weighted by Gasteiger charge is -2.27. The quantitative estimate of drug-likeness (QED) is 0.842. The number of halogens is 1. The molecule has 0 atom stereocenters. The Morgan fingerprint density at radius 1 is 1.26 bits per heavy atom. The number of anilines is 1. The predicted octanol–water partition coefficient (Wildman–Crippen LogP) is 4.28.